The summed E-state index contributed by atoms with van der Waals surface area (Å²) in [6, 6.07) is 0. The van der Waals surface area contributed by atoms with Gasteiger partial charge in [0.25, 0.3) is 5.91 Å². The van der Waals surface area contributed by atoms with Gasteiger partial charge in [-0.25, -0.2) is 4.98 Å². The van der Waals surface area contributed by atoms with Crippen LogP contribution in [0.4, 0.5) is 0 Å². The van der Waals surface area contributed by atoms with E-state index in [0.29, 0.717) is 44.9 Å². The zero-order chi connectivity index (χ0) is 14.4. The molecule has 0 saturated carbocycles. The Bertz CT molecular complexity index is 458. The third-order valence-corrected chi connectivity index (χ3v) is 3.22. The van der Waals surface area contributed by atoms with Gasteiger partial charge in [-0.05, 0) is 0 Å². The van der Waals surface area contributed by atoms with Crippen molar-refractivity contribution in [2.45, 2.75) is 6.42 Å². The first-order valence-electron chi connectivity index (χ1n) is 6.54. The first-order valence-corrected chi connectivity index (χ1v) is 6.54. The number of methoxy groups -OCH3 is 1. The third-order valence-electron chi connectivity index (χ3n) is 3.22. The van der Waals surface area contributed by atoms with Crippen LogP contribution < -0.4 is 0 Å². The number of nitrogens with zero attached hydrogens (tertiary/aromatic N) is 4. The summed E-state index contributed by atoms with van der Waals surface area (Å²) in [4.78, 5) is 35.3. The summed E-state index contributed by atoms with van der Waals surface area (Å²) in [5, 5.41) is 0. The van der Waals surface area contributed by atoms with E-state index in [1.165, 1.54) is 18.6 Å². The molecule has 0 atom stereocenters. The molecule has 1 saturated heterocycles. The lowest BCUT2D eigenvalue weighted by Crippen LogP contribution is -2.50. The first kappa shape index (κ1) is 14.4. The number of aromatic nitrogens is 2. The molecule has 1 aliphatic rings. The average Bonchev–Trinajstić information content (AvgIpc) is 2.53. The lowest BCUT2D eigenvalue weighted by atomic mass is 10.2. The number of piperazine rings is 1. The standard InChI is InChI=1S/C13H18N4O3/c1-20-9-2-12(18)16-5-7-17(8-6-16)13(19)11-10-14-3-4-15-11/h3-4,10H,2,5-9H2,1H3. The van der Waals surface area contributed by atoms with Gasteiger partial charge < -0.3 is 14.5 Å². The van der Waals surface area contributed by atoms with Gasteiger partial charge in [0.15, 0.2) is 0 Å². The molecule has 2 rings (SSSR count). The summed E-state index contributed by atoms with van der Waals surface area (Å²) in [5.41, 5.74) is 0.339. The molecule has 108 valence electrons. The topological polar surface area (TPSA) is 75.6 Å². The Balaban J connectivity index is 1.85. The van der Waals surface area contributed by atoms with Crippen molar-refractivity contribution in [2.75, 3.05) is 39.9 Å². The maximum Gasteiger partial charge on any atom is 0.274 e. The van der Waals surface area contributed by atoms with Gasteiger partial charge in [-0.1, -0.05) is 0 Å². The normalized spacial score (nSPS) is 15.2. The second-order valence-corrected chi connectivity index (χ2v) is 4.51. The molecule has 7 nitrogen and oxygen atoms in total. The molecule has 0 unspecified atom stereocenters. The van der Waals surface area contributed by atoms with Crippen molar-refractivity contribution in [2.24, 2.45) is 0 Å². The Kier molecular flexibility index (Phi) is 5.00. The van der Waals surface area contributed by atoms with Crippen LogP contribution in [0, 0.1) is 0 Å². The van der Waals surface area contributed by atoms with E-state index < -0.39 is 0 Å². The first-order chi connectivity index (χ1) is 9.72. The molecule has 2 amide bonds. The highest BCUT2D eigenvalue weighted by Gasteiger charge is 2.25. The zero-order valence-corrected chi connectivity index (χ0v) is 11.5. The van der Waals surface area contributed by atoms with E-state index in [4.69, 9.17) is 4.74 Å². The second-order valence-electron chi connectivity index (χ2n) is 4.51. The van der Waals surface area contributed by atoms with E-state index in [1.807, 2.05) is 0 Å². The number of rotatable bonds is 4. The molecule has 0 bridgehead atoms. The number of carbonyl (C=O) groups excluding carboxylic acids is 2. The zero-order valence-electron chi connectivity index (χ0n) is 11.5. The lowest BCUT2D eigenvalue weighted by molar-refractivity contribution is -0.133. The van der Waals surface area contributed by atoms with E-state index >= 15 is 0 Å². The summed E-state index contributed by atoms with van der Waals surface area (Å²) in [6.45, 7) is 2.57. The second kappa shape index (κ2) is 6.95. The molecule has 1 aliphatic heterocycles. The summed E-state index contributed by atoms with van der Waals surface area (Å²) >= 11 is 0. The van der Waals surface area contributed by atoms with Crippen LogP contribution in [-0.4, -0.2) is 71.5 Å². The SMILES string of the molecule is COCCC(=O)N1CCN(C(=O)c2cnccn2)CC1. The van der Waals surface area contributed by atoms with E-state index in [2.05, 4.69) is 9.97 Å². The molecule has 1 fully saturated rings. The third kappa shape index (κ3) is 3.51. The monoisotopic (exact) mass is 278 g/mol. The maximum absolute atomic E-state index is 12.1. The number of carbonyl (C=O) groups is 2. The highest BCUT2D eigenvalue weighted by Crippen LogP contribution is 2.07. The van der Waals surface area contributed by atoms with Crippen LogP contribution in [-0.2, 0) is 9.53 Å². The molecule has 0 radical (unpaired) electrons. The predicted octanol–water partition coefficient (Wildman–Crippen LogP) is -0.203. The fourth-order valence-corrected chi connectivity index (χ4v) is 2.08. The van der Waals surface area contributed by atoms with Gasteiger partial charge in [-0.3, -0.25) is 14.6 Å². The molecule has 0 aromatic carbocycles. The van der Waals surface area contributed by atoms with E-state index in [0.717, 1.165) is 0 Å². The van der Waals surface area contributed by atoms with Crippen molar-refractivity contribution >= 4 is 11.8 Å². The molecule has 1 aromatic heterocycles. The Morgan fingerprint density at radius 1 is 1.20 bits per heavy atom. The number of ether oxygens (including phenoxy) is 1. The van der Waals surface area contributed by atoms with Gasteiger partial charge >= 0.3 is 0 Å². The van der Waals surface area contributed by atoms with Crippen molar-refractivity contribution < 1.29 is 14.3 Å². The largest absolute Gasteiger partial charge is 0.384 e. The Morgan fingerprint density at radius 2 is 1.90 bits per heavy atom. The van der Waals surface area contributed by atoms with Crippen LogP contribution in [0.3, 0.4) is 0 Å². The number of hydrogen-bond acceptors (Lipinski definition) is 5. The summed E-state index contributed by atoms with van der Waals surface area (Å²) < 4.78 is 4.89. The van der Waals surface area contributed by atoms with Crippen molar-refractivity contribution in [3.63, 3.8) is 0 Å². The molecular weight excluding hydrogens is 260 g/mol. The van der Waals surface area contributed by atoms with Gasteiger partial charge in [-0.2, -0.15) is 0 Å². The van der Waals surface area contributed by atoms with E-state index in [9.17, 15) is 9.59 Å². The Hall–Kier alpha value is -2.02. The molecule has 20 heavy (non-hydrogen) atoms. The predicted molar refractivity (Wildman–Crippen MR) is 71.0 cm³/mol. The fourth-order valence-electron chi connectivity index (χ4n) is 2.08. The highest BCUT2D eigenvalue weighted by atomic mass is 16.5. The Morgan fingerprint density at radius 3 is 2.50 bits per heavy atom. The molecule has 0 N–H and O–H groups in total. The quantitative estimate of drug-likeness (QED) is 0.762. The minimum absolute atomic E-state index is 0.0680. The maximum atomic E-state index is 12.1. The van der Waals surface area contributed by atoms with Crippen molar-refractivity contribution in [1.29, 1.82) is 0 Å². The van der Waals surface area contributed by atoms with Gasteiger partial charge in [-0.15, -0.1) is 0 Å². The summed E-state index contributed by atoms with van der Waals surface area (Å²) in [7, 11) is 1.57. The van der Waals surface area contributed by atoms with Crippen LogP contribution in [0.15, 0.2) is 18.6 Å². The molecule has 1 aromatic rings. The minimum atomic E-state index is -0.137. The number of amides is 2. The molecule has 0 aliphatic carbocycles. The van der Waals surface area contributed by atoms with Crippen LogP contribution in [0.1, 0.15) is 16.9 Å². The lowest BCUT2D eigenvalue weighted by Gasteiger charge is -2.34. The highest BCUT2D eigenvalue weighted by molar-refractivity contribution is 5.92. The average molecular weight is 278 g/mol. The van der Waals surface area contributed by atoms with Gasteiger partial charge in [0, 0.05) is 45.7 Å². The minimum Gasteiger partial charge on any atom is -0.384 e. The van der Waals surface area contributed by atoms with Gasteiger partial charge in [0.05, 0.1) is 19.2 Å². The van der Waals surface area contributed by atoms with Crippen molar-refractivity contribution in [3.05, 3.63) is 24.3 Å². The van der Waals surface area contributed by atoms with Gasteiger partial charge in [0.2, 0.25) is 5.91 Å². The molecule has 7 heteroatoms. The van der Waals surface area contributed by atoms with E-state index in [1.54, 1.807) is 16.9 Å². The van der Waals surface area contributed by atoms with Crippen LogP contribution >= 0.6 is 0 Å². The van der Waals surface area contributed by atoms with Gasteiger partial charge in [0.1, 0.15) is 5.69 Å². The van der Waals surface area contributed by atoms with Crippen molar-refractivity contribution in [3.8, 4) is 0 Å². The fraction of sp³-hybridized carbons (Fsp3) is 0.538. The number of hydrogen-bond donors (Lipinski definition) is 0. The van der Waals surface area contributed by atoms with E-state index in [-0.39, 0.29) is 11.8 Å². The summed E-state index contributed by atoms with van der Waals surface area (Å²) in [6.07, 6.45) is 4.87. The molecular formula is C13H18N4O3. The van der Waals surface area contributed by atoms with Crippen LogP contribution in [0.2, 0.25) is 0 Å². The molecule has 2 heterocycles. The smallest absolute Gasteiger partial charge is 0.274 e. The van der Waals surface area contributed by atoms with Crippen molar-refractivity contribution in [1.82, 2.24) is 19.8 Å². The van der Waals surface area contributed by atoms with Crippen LogP contribution in [0.5, 0.6) is 0 Å². The molecule has 0 spiro atoms. The van der Waals surface area contributed by atoms with Crippen LogP contribution in [0.25, 0.3) is 0 Å². The Labute approximate surface area is 117 Å². The summed E-state index contributed by atoms with van der Waals surface area (Å²) in [5.74, 6) is -0.0689.